The average Bonchev–Trinajstić information content (AvgIpc) is 3.08. The zero-order valence-corrected chi connectivity index (χ0v) is 17.4. The lowest BCUT2D eigenvalue weighted by Gasteiger charge is -2.19. The standard InChI is InChI=1S/C19H21ClO2S3/c1-23-9-3-10-24-16-5-2-4-14(21)17(16)19(22)13-6-7-15-12(18(13)20)8-11-25-15/h6-7H,2-5,8-11H2,1H3. The van der Waals surface area contributed by atoms with Gasteiger partial charge >= 0.3 is 0 Å². The van der Waals surface area contributed by atoms with E-state index in [0.29, 0.717) is 22.6 Å². The van der Waals surface area contributed by atoms with Crippen molar-refractivity contribution in [3.63, 3.8) is 0 Å². The molecule has 1 aliphatic carbocycles. The number of carbonyl (C=O) groups is 2. The molecule has 25 heavy (non-hydrogen) atoms. The Morgan fingerprint density at radius 3 is 2.88 bits per heavy atom. The average molecular weight is 413 g/mol. The van der Waals surface area contributed by atoms with Gasteiger partial charge in [0, 0.05) is 22.6 Å². The Kier molecular flexibility index (Phi) is 7.01. The maximum absolute atomic E-state index is 13.1. The fourth-order valence-corrected chi connectivity index (χ4v) is 6.42. The van der Waals surface area contributed by atoms with Gasteiger partial charge in [-0.05, 0) is 66.0 Å². The van der Waals surface area contributed by atoms with Crippen LogP contribution in [0.1, 0.15) is 41.6 Å². The van der Waals surface area contributed by atoms with Gasteiger partial charge in [-0.25, -0.2) is 0 Å². The molecule has 0 spiro atoms. The molecule has 1 aromatic carbocycles. The van der Waals surface area contributed by atoms with Crippen LogP contribution in [0.3, 0.4) is 0 Å². The minimum absolute atomic E-state index is 0.0189. The minimum atomic E-state index is -0.179. The first-order valence-electron chi connectivity index (χ1n) is 8.50. The normalized spacial score (nSPS) is 17.1. The van der Waals surface area contributed by atoms with Crippen LogP contribution in [0.15, 0.2) is 27.5 Å². The van der Waals surface area contributed by atoms with Gasteiger partial charge in [0.2, 0.25) is 0 Å². The van der Waals surface area contributed by atoms with E-state index in [9.17, 15) is 9.59 Å². The van der Waals surface area contributed by atoms with Crippen molar-refractivity contribution in [3.05, 3.63) is 38.8 Å². The third-order valence-corrected chi connectivity index (χ3v) is 7.90. The molecule has 0 amide bonds. The van der Waals surface area contributed by atoms with E-state index in [1.165, 1.54) is 0 Å². The summed E-state index contributed by atoms with van der Waals surface area (Å²) in [5.74, 6) is 2.86. The van der Waals surface area contributed by atoms with Gasteiger partial charge in [0.1, 0.15) is 0 Å². The Bertz CT molecular complexity index is 728. The lowest BCUT2D eigenvalue weighted by atomic mass is 9.91. The monoisotopic (exact) mass is 412 g/mol. The van der Waals surface area contributed by atoms with Crippen LogP contribution in [-0.2, 0) is 11.2 Å². The number of ketones is 2. The van der Waals surface area contributed by atoms with E-state index >= 15 is 0 Å². The third-order valence-electron chi connectivity index (χ3n) is 4.42. The van der Waals surface area contributed by atoms with E-state index in [4.69, 9.17) is 11.6 Å². The second kappa shape index (κ2) is 9.03. The van der Waals surface area contributed by atoms with E-state index in [2.05, 4.69) is 6.26 Å². The van der Waals surface area contributed by atoms with Gasteiger partial charge in [0.05, 0.1) is 10.6 Å². The summed E-state index contributed by atoms with van der Waals surface area (Å²) < 4.78 is 0. The summed E-state index contributed by atoms with van der Waals surface area (Å²) in [6.45, 7) is 0. The van der Waals surface area contributed by atoms with Gasteiger partial charge in [-0.2, -0.15) is 11.8 Å². The molecule has 0 fully saturated rings. The predicted octanol–water partition coefficient (Wildman–Crippen LogP) is 5.66. The van der Waals surface area contributed by atoms with Crippen molar-refractivity contribution < 1.29 is 9.59 Å². The number of hydrogen-bond donors (Lipinski definition) is 0. The molecule has 6 heteroatoms. The van der Waals surface area contributed by atoms with Crippen LogP contribution in [0.4, 0.5) is 0 Å². The van der Waals surface area contributed by atoms with E-state index in [0.717, 1.165) is 58.3 Å². The highest BCUT2D eigenvalue weighted by molar-refractivity contribution is 8.03. The fourth-order valence-electron chi connectivity index (χ4n) is 3.16. The molecule has 1 heterocycles. The van der Waals surface area contributed by atoms with E-state index in [-0.39, 0.29) is 11.6 Å². The van der Waals surface area contributed by atoms with Gasteiger partial charge in [-0.1, -0.05) is 11.6 Å². The number of thioether (sulfide) groups is 3. The summed E-state index contributed by atoms with van der Waals surface area (Å²) in [6.07, 6.45) is 6.21. The molecular weight excluding hydrogens is 392 g/mol. The summed E-state index contributed by atoms with van der Waals surface area (Å²) in [6, 6.07) is 3.78. The molecule has 1 aliphatic heterocycles. The number of allylic oxidation sites excluding steroid dienone is 2. The fraction of sp³-hybridized carbons (Fsp3) is 0.474. The molecule has 0 saturated heterocycles. The summed E-state index contributed by atoms with van der Waals surface area (Å²) >= 11 is 11.8. The molecule has 0 aromatic heterocycles. The largest absolute Gasteiger partial charge is 0.294 e. The molecule has 1 aromatic rings. The predicted molar refractivity (Wildman–Crippen MR) is 112 cm³/mol. The molecular formula is C19H21ClO2S3. The highest BCUT2D eigenvalue weighted by Crippen LogP contribution is 2.40. The van der Waals surface area contributed by atoms with Crippen molar-refractivity contribution in [2.45, 2.75) is 37.0 Å². The molecule has 0 saturated carbocycles. The third kappa shape index (κ3) is 4.32. The molecule has 2 nitrogen and oxygen atoms in total. The second-order valence-corrected chi connectivity index (χ2v) is 9.79. The highest BCUT2D eigenvalue weighted by Gasteiger charge is 2.30. The number of fused-ring (bicyclic) bond motifs is 1. The van der Waals surface area contributed by atoms with Gasteiger partial charge in [-0.3, -0.25) is 9.59 Å². The summed E-state index contributed by atoms with van der Waals surface area (Å²) in [4.78, 5) is 27.8. The molecule has 134 valence electrons. The van der Waals surface area contributed by atoms with Crippen LogP contribution in [0.25, 0.3) is 0 Å². The minimum Gasteiger partial charge on any atom is -0.294 e. The Hall–Kier alpha value is -0.360. The quantitative estimate of drug-likeness (QED) is 0.327. The number of rotatable bonds is 7. The van der Waals surface area contributed by atoms with E-state index < -0.39 is 0 Å². The Morgan fingerprint density at radius 2 is 2.08 bits per heavy atom. The van der Waals surface area contributed by atoms with Crippen molar-refractivity contribution in [1.82, 2.24) is 0 Å². The first kappa shape index (κ1) is 19.4. The number of hydrogen-bond acceptors (Lipinski definition) is 5. The van der Waals surface area contributed by atoms with Gasteiger partial charge in [0.15, 0.2) is 11.6 Å². The zero-order valence-electron chi connectivity index (χ0n) is 14.2. The molecule has 0 N–H and O–H groups in total. The highest BCUT2D eigenvalue weighted by atomic mass is 35.5. The lowest BCUT2D eigenvalue weighted by molar-refractivity contribution is -0.115. The SMILES string of the molecule is CSCCCSC1=C(C(=O)c2ccc3c(c2Cl)CCS3)C(=O)CCC1. The van der Waals surface area contributed by atoms with E-state index in [1.807, 2.05) is 17.8 Å². The van der Waals surface area contributed by atoms with Crippen LogP contribution >= 0.6 is 46.9 Å². The van der Waals surface area contributed by atoms with Gasteiger partial charge < -0.3 is 0 Å². The smallest absolute Gasteiger partial charge is 0.198 e. The van der Waals surface area contributed by atoms with Crippen molar-refractivity contribution in [1.29, 1.82) is 0 Å². The maximum atomic E-state index is 13.1. The number of halogens is 1. The molecule has 3 rings (SSSR count). The molecule has 0 radical (unpaired) electrons. The van der Waals surface area contributed by atoms with Crippen molar-refractivity contribution in [3.8, 4) is 0 Å². The van der Waals surface area contributed by atoms with Crippen LogP contribution in [0.2, 0.25) is 5.02 Å². The summed E-state index contributed by atoms with van der Waals surface area (Å²) in [7, 11) is 0. The van der Waals surface area contributed by atoms with Crippen molar-refractivity contribution >= 4 is 58.5 Å². The topological polar surface area (TPSA) is 34.1 Å². The van der Waals surface area contributed by atoms with Crippen LogP contribution in [0, 0.1) is 0 Å². The van der Waals surface area contributed by atoms with Crippen LogP contribution in [-0.4, -0.2) is 35.1 Å². The molecule has 0 bridgehead atoms. The van der Waals surface area contributed by atoms with Gasteiger partial charge in [0.25, 0.3) is 0 Å². The molecule has 0 atom stereocenters. The molecule has 0 unspecified atom stereocenters. The summed E-state index contributed by atoms with van der Waals surface area (Å²) in [5.41, 5.74) is 1.96. The first-order valence-corrected chi connectivity index (χ1v) is 12.2. The Morgan fingerprint density at radius 1 is 1.24 bits per heavy atom. The number of benzene rings is 1. The van der Waals surface area contributed by atoms with Crippen LogP contribution in [0.5, 0.6) is 0 Å². The zero-order chi connectivity index (χ0) is 17.8. The number of carbonyl (C=O) groups excluding carboxylic acids is 2. The molecule has 2 aliphatic rings. The maximum Gasteiger partial charge on any atom is 0.198 e. The van der Waals surface area contributed by atoms with Gasteiger partial charge in [-0.15, -0.1) is 23.5 Å². The summed E-state index contributed by atoms with van der Waals surface area (Å²) in [5, 5.41) is 0.546. The Balaban J connectivity index is 1.89. The van der Waals surface area contributed by atoms with Crippen LogP contribution < -0.4 is 0 Å². The second-order valence-electron chi connectivity index (χ2n) is 6.10. The first-order chi connectivity index (χ1) is 12.1. The number of Topliss-reactive ketones (excluding diaryl/α,β-unsaturated/α-hetero) is 2. The van der Waals surface area contributed by atoms with E-state index in [1.54, 1.807) is 29.6 Å². The Labute approximate surface area is 166 Å². The van der Waals surface area contributed by atoms with Crippen molar-refractivity contribution in [2.75, 3.05) is 23.5 Å². The lowest BCUT2D eigenvalue weighted by Crippen LogP contribution is -2.19. The van der Waals surface area contributed by atoms with Crippen molar-refractivity contribution in [2.24, 2.45) is 0 Å².